The van der Waals surface area contributed by atoms with E-state index in [2.05, 4.69) is 15.1 Å². The lowest BCUT2D eigenvalue weighted by Crippen LogP contribution is -2.48. The first-order valence-electron chi connectivity index (χ1n) is 8.71. The maximum absolute atomic E-state index is 12.3. The van der Waals surface area contributed by atoms with Gasteiger partial charge in [0.15, 0.2) is 0 Å². The molecule has 142 valence electrons. The van der Waals surface area contributed by atoms with Gasteiger partial charge in [-0.1, -0.05) is 12.1 Å². The van der Waals surface area contributed by atoms with E-state index in [1.165, 1.54) is 12.1 Å². The number of nitro groups is 1. The van der Waals surface area contributed by atoms with Gasteiger partial charge in [0.1, 0.15) is 5.75 Å². The molecule has 0 atom stereocenters. The highest BCUT2D eigenvalue weighted by Crippen LogP contribution is 2.23. The second kappa shape index (κ2) is 8.50. The lowest BCUT2D eigenvalue weighted by atomic mass is 10.2. The second-order valence-electron chi connectivity index (χ2n) is 6.29. The number of amides is 1. The molecule has 1 amide bonds. The van der Waals surface area contributed by atoms with E-state index in [1.807, 2.05) is 18.2 Å². The molecule has 0 bridgehead atoms. The third-order valence-electron chi connectivity index (χ3n) is 4.55. The molecule has 8 nitrogen and oxygen atoms in total. The van der Waals surface area contributed by atoms with Crippen LogP contribution in [0.4, 0.5) is 17.1 Å². The summed E-state index contributed by atoms with van der Waals surface area (Å²) in [5.74, 6) is 0.553. The number of nitrogens with zero attached hydrogens (tertiary/aromatic N) is 3. The van der Waals surface area contributed by atoms with Crippen LogP contribution in [0.15, 0.2) is 48.5 Å². The van der Waals surface area contributed by atoms with E-state index in [4.69, 9.17) is 4.74 Å². The van der Waals surface area contributed by atoms with Crippen LogP contribution in [0.2, 0.25) is 0 Å². The van der Waals surface area contributed by atoms with Gasteiger partial charge >= 0.3 is 0 Å². The van der Waals surface area contributed by atoms with Crippen LogP contribution >= 0.6 is 0 Å². The van der Waals surface area contributed by atoms with Crippen LogP contribution in [0, 0.1) is 10.1 Å². The van der Waals surface area contributed by atoms with Crippen LogP contribution in [-0.2, 0) is 4.79 Å². The van der Waals surface area contributed by atoms with Crippen molar-refractivity contribution in [2.45, 2.75) is 0 Å². The van der Waals surface area contributed by atoms with Gasteiger partial charge in [0.25, 0.3) is 5.69 Å². The number of piperazine rings is 1. The Morgan fingerprint density at radius 1 is 1.11 bits per heavy atom. The summed E-state index contributed by atoms with van der Waals surface area (Å²) in [5, 5.41) is 13.6. The number of benzene rings is 2. The molecule has 2 aromatic carbocycles. The van der Waals surface area contributed by atoms with Gasteiger partial charge in [-0.3, -0.25) is 19.8 Å². The van der Waals surface area contributed by atoms with Crippen molar-refractivity contribution in [1.29, 1.82) is 0 Å². The lowest BCUT2D eigenvalue weighted by Gasteiger charge is -2.35. The van der Waals surface area contributed by atoms with Crippen molar-refractivity contribution >= 4 is 23.0 Å². The van der Waals surface area contributed by atoms with Gasteiger partial charge in [-0.05, 0) is 24.3 Å². The van der Waals surface area contributed by atoms with Crippen molar-refractivity contribution in [2.24, 2.45) is 0 Å². The summed E-state index contributed by atoms with van der Waals surface area (Å²) in [5.41, 5.74) is 1.71. The molecule has 8 heteroatoms. The highest BCUT2D eigenvalue weighted by Gasteiger charge is 2.20. The molecule has 0 spiro atoms. The average Bonchev–Trinajstić information content (AvgIpc) is 2.69. The van der Waals surface area contributed by atoms with Crippen LogP contribution in [0.3, 0.4) is 0 Å². The number of methoxy groups -OCH3 is 1. The second-order valence-corrected chi connectivity index (χ2v) is 6.29. The zero-order valence-electron chi connectivity index (χ0n) is 15.1. The number of non-ortho nitro benzene ring substituents is 1. The molecular formula is C19H22N4O4. The van der Waals surface area contributed by atoms with E-state index in [-0.39, 0.29) is 11.6 Å². The minimum Gasteiger partial charge on any atom is -0.495 e. The molecule has 2 aromatic rings. The molecular weight excluding hydrogens is 348 g/mol. The number of nitrogens with one attached hydrogen (secondary N) is 1. The Kier molecular flexibility index (Phi) is 5.87. The molecule has 0 aliphatic carbocycles. The fourth-order valence-corrected chi connectivity index (χ4v) is 3.09. The molecule has 1 aliphatic rings. The van der Waals surface area contributed by atoms with Gasteiger partial charge in [0, 0.05) is 44.0 Å². The number of rotatable bonds is 6. The molecule has 0 radical (unpaired) electrons. The first-order chi connectivity index (χ1) is 13.1. The maximum Gasteiger partial charge on any atom is 0.269 e. The average molecular weight is 370 g/mol. The fourth-order valence-electron chi connectivity index (χ4n) is 3.09. The summed E-state index contributed by atoms with van der Waals surface area (Å²) in [6, 6.07) is 13.9. The van der Waals surface area contributed by atoms with Gasteiger partial charge in [-0.2, -0.15) is 0 Å². The Morgan fingerprint density at radius 2 is 1.78 bits per heavy atom. The summed E-state index contributed by atoms with van der Waals surface area (Å²) in [4.78, 5) is 26.9. The topological polar surface area (TPSA) is 88.0 Å². The minimum absolute atomic E-state index is 0.0803. The maximum atomic E-state index is 12.3. The van der Waals surface area contributed by atoms with Crippen LogP contribution in [0.25, 0.3) is 0 Å². The number of anilines is 2. The van der Waals surface area contributed by atoms with Crippen LogP contribution in [0.1, 0.15) is 0 Å². The molecule has 1 N–H and O–H groups in total. The van der Waals surface area contributed by atoms with Crippen molar-refractivity contribution in [3.63, 3.8) is 0 Å². The van der Waals surface area contributed by atoms with Crippen LogP contribution < -0.4 is 15.0 Å². The number of para-hydroxylation sites is 2. The number of ether oxygens (including phenoxy) is 1. The smallest absolute Gasteiger partial charge is 0.269 e. The third kappa shape index (κ3) is 4.73. The number of hydrogen-bond acceptors (Lipinski definition) is 6. The minimum atomic E-state index is -0.401. The van der Waals surface area contributed by atoms with Gasteiger partial charge in [-0.25, -0.2) is 0 Å². The zero-order chi connectivity index (χ0) is 19.2. The lowest BCUT2D eigenvalue weighted by molar-refractivity contribution is -0.384. The Labute approximate surface area is 157 Å². The van der Waals surface area contributed by atoms with Crippen molar-refractivity contribution in [3.8, 4) is 5.75 Å². The molecule has 3 rings (SSSR count). The van der Waals surface area contributed by atoms with E-state index in [9.17, 15) is 14.9 Å². The van der Waals surface area contributed by atoms with Crippen molar-refractivity contribution in [1.82, 2.24) is 4.90 Å². The predicted molar refractivity (Wildman–Crippen MR) is 103 cm³/mol. The van der Waals surface area contributed by atoms with Gasteiger partial charge in [-0.15, -0.1) is 0 Å². The van der Waals surface area contributed by atoms with Crippen LogP contribution in [0.5, 0.6) is 5.75 Å². The fraction of sp³-hybridized carbons (Fsp3) is 0.316. The van der Waals surface area contributed by atoms with Crippen molar-refractivity contribution < 1.29 is 14.5 Å². The standard InChI is InChI=1S/C19H22N4O4/c1-27-18-5-3-2-4-17(18)20-19(24)14-21-10-12-22(13-11-21)15-6-8-16(9-7-15)23(25)26/h2-9H,10-14H2,1H3,(H,20,24). The molecule has 27 heavy (non-hydrogen) atoms. The Balaban J connectivity index is 1.50. The normalized spacial score (nSPS) is 14.6. The number of hydrogen-bond donors (Lipinski definition) is 1. The monoisotopic (exact) mass is 370 g/mol. The Hall–Kier alpha value is -3.13. The molecule has 1 fully saturated rings. The molecule has 1 saturated heterocycles. The molecule has 0 aromatic heterocycles. The highest BCUT2D eigenvalue weighted by atomic mass is 16.6. The van der Waals surface area contributed by atoms with Crippen LogP contribution in [-0.4, -0.2) is 55.6 Å². The van der Waals surface area contributed by atoms with E-state index >= 15 is 0 Å². The van der Waals surface area contributed by atoms with E-state index < -0.39 is 4.92 Å². The third-order valence-corrected chi connectivity index (χ3v) is 4.55. The largest absolute Gasteiger partial charge is 0.495 e. The molecule has 1 heterocycles. The molecule has 0 unspecified atom stereocenters. The summed E-state index contributed by atoms with van der Waals surface area (Å²) in [6.07, 6.45) is 0. The van der Waals surface area contributed by atoms with E-state index in [1.54, 1.807) is 25.3 Å². The SMILES string of the molecule is COc1ccccc1NC(=O)CN1CCN(c2ccc([N+](=O)[O-])cc2)CC1. The first-order valence-corrected chi connectivity index (χ1v) is 8.71. The van der Waals surface area contributed by atoms with Crippen molar-refractivity contribution in [3.05, 3.63) is 58.6 Å². The van der Waals surface area contributed by atoms with Gasteiger partial charge < -0.3 is 15.0 Å². The Bertz CT molecular complexity index is 802. The van der Waals surface area contributed by atoms with Gasteiger partial charge in [0.05, 0.1) is 24.3 Å². The summed E-state index contributed by atoms with van der Waals surface area (Å²) in [6.45, 7) is 3.33. The summed E-state index contributed by atoms with van der Waals surface area (Å²) < 4.78 is 5.25. The number of carbonyl (C=O) groups excluding carboxylic acids is 1. The Morgan fingerprint density at radius 3 is 2.41 bits per heavy atom. The summed E-state index contributed by atoms with van der Waals surface area (Å²) in [7, 11) is 1.57. The number of nitro benzene ring substituents is 1. The quantitative estimate of drug-likeness (QED) is 0.620. The summed E-state index contributed by atoms with van der Waals surface area (Å²) >= 11 is 0. The predicted octanol–water partition coefficient (Wildman–Crippen LogP) is 2.36. The van der Waals surface area contributed by atoms with E-state index in [0.717, 1.165) is 31.9 Å². The van der Waals surface area contributed by atoms with Crippen molar-refractivity contribution in [2.75, 3.05) is 50.1 Å². The van der Waals surface area contributed by atoms with Gasteiger partial charge in [0.2, 0.25) is 5.91 Å². The van der Waals surface area contributed by atoms with E-state index in [0.29, 0.717) is 18.0 Å². The molecule has 0 saturated carbocycles. The number of carbonyl (C=O) groups is 1. The molecule has 1 aliphatic heterocycles. The highest BCUT2D eigenvalue weighted by molar-refractivity contribution is 5.93. The zero-order valence-corrected chi connectivity index (χ0v) is 15.1. The first kappa shape index (κ1) is 18.7.